The Bertz CT molecular complexity index is 1530. The molecule has 0 spiro atoms. The van der Waals surface area contributed by atoms with Gasteiger partial charge in [-0.2, -0.15) is 0 Å². The fraction of sp³-hybridized carbons (Fsp3) is 0.281. The molecule has 0 aliphatic heterocycles. The molecule has 0 aliphatic rings. The number of carbonyl (C=O) groups excluding carboxylic acids is 2. The normalized spacial score (nSPS) is 11.4. The molecule has 0 atom stereocenters. The van der Waals surface area contributed by atoms with Crippen LogP contribution < -0.4 is 10.6 Å². The molecule has 200 valence electrons. The fourth-order valence-corrected chi connectivity index (χ4v) is 6.89. The van der Waals surface area contributed by atoms with Crippen LogP contribution >= 0.6 is 21.6 Å². The number of rotatable bonds is 14. The van der Waals surface area contributed by atoms with E-state index in [1.54, 1.807) is 27.8 Å². The average molecular weight is 556 g/mol. The molecule has 1 heterocycles. The van der Waals surface area contributed by atoms with Crippen LogP contribution in [0.4, 0.5) is 0 Å². The van der Waals surface area contributed by atoms with Crippen molar-refractivity contribution in [1.29, 1.82) is 0 Å². The average Bonchev–Trinajstić information content (AvgIpc) is 2.97. The molecule has 5 rings (SSSR count). The lowest BCUT2D eigenvalue weighted by Crippen LogP contribution is -2.24. The van der Waals surface area contributed by atoms with Gasteiger partial charge in [-0.1, -0.05) is 77.9 Å². The van der Waals surface area contributed by atoms with Gasteiger partial charge < -0.3 is 10.6 Å². The number of pyridine rings is 1. The molecule has 1 aromatic heterocycles. The third-order valence-corrected chi connectivity index (χ3v) is 9.26. The van der Waals surface area contributed by atoms with Crippen molar-refractivity contribution in [3.63, 3.8) is 0 Å². The fourth-order valence-electron chi connectivity index (χ4n) is 4.93. The zero-order valence-electron chi connectivity index (χ0n) is 21.9. The Morgan fingerprint density at radius 2 is 1.44 bits per heavy atom. The molecular weight excluding hydrogens is 523 g/mol. The first-order valence-electron chi connectivity index (χ1n) is 13.6. The maximum atomic E-state index is 12.5. The minimum atomic E-state index is 0.0748. The maximum Gasteiger partial charge on any atom is 0.220 e. The standard InChI is InChI=1S/C32H33N3O2S2/c36-28(11-7-21-38-39-30-12-3-5-20-34-30)33-19-4-1-2-10-29(37)35-22-26-16-15-25-14-13-23-8-6-9-24-17-18-27(26)32(25)31(23)24/h3,5-6,8-9,12-18,20H,1-2,4,7,10-11,19,21-22H2,(H,33,36)(H,35,37). The number of amides is 2. The van der Waals surface area contributed by atoms with Gasteiger partial charge >= 0.3 is 0 Å². The minimum absolute atomic E-state index is 0.0748. The molecule has 0 saturated carbocycles. The molecule has 2 N–H and O–H groups in total. The second-order valence-corrected chi connectivity index (χ2v) is 12.1. The van der Waals surface area contributed by atoms with Crippen molar-refractivity contribution in [3.8, 4) is 0 Å². The molecule has 5 aromatic rings. The van der Waals surface area contributed by atoms with Gasteiger partial charge in [0.1, 0.15) is 5.03 Å². The van der Waals surface area contributed by atoms with Crippen molar-refractivity contribution in [3.05, 3.63) is 84.6 Å². The Morgan fingerprint density at radius 3 is 2.26 bits per heavy atom. The van der Waals surface area contributed by atoms with E-state index in [0.29, 0.717) is 25.9 Å². The summed E-state index contributed by atoms with van der Waals surface area (Å²) in [5.41, 5.74) is 1.14. The molecule has 0 bridgehead atoms. The van der Waals surface area contributed by atoms with Crippen LogP contribution in [0.3, 0.4) is 0 Å². The Balaban J connectivity index is 0.968. The number of unbranched alkanes of at least 4 members (excludes halogenated alkanes) is 2. The number of benzene rings is 4. The van der Waals surface area contributed by atoms with E-state index in [0.717, 1.165) is 42.0 Å². The third-order valence-electron chi connectivity index (χ3n) is 6.91. The number of hydrogen-bond acceptors (Lipinski definition) is 5. The van der Waals surface area contributed by atoms with Crippen LogP contribution in [0.5, 0.6) is 0 Å². The highest BCUT2D eigenvalue weighted by Crippen LogP contribution is 2.36. The van der Waals surface area contributed by atoms with Crippen LogP contribution in [0.2, 0.25) is 0 Å². The van der Waals surface area contributed by atoms with E-state index in [1.807, 2.05) is 18.2 Å². The predicted octanol–water partition coefficient (Wildman–Crippen LogP) is 7.49. The van der Waals surface area contributed by atoms with Crippen LogP contribution in [-0.2, 0) is 16.1 Å². The van der Waals surface area contributed by atoms with Crippen molar-refractivity contribution in [2.45, 2.75) is 50.1 Å². The van der Waals surface area contributed by atoms with Gasteiger partial charge in [-0.15, -0.1) is 0 Å². The zero-order chi connectivity index (χ0) is 26.9. The third kappa shape index (κ3) is 7.22. The Labute approximate surface area is 237 Å². The van der Waals surface area contributed by atoms with Gasteiger partial charge in [-0.25, -0.2) is 4.98 Å². The SMILES string of the molecule is O=C(CCCSSc1ccccn1)NCCCCCC(=O)NCc1ccc2ccc3cccc4ccc1c2c34. The first-order chi connectivity index (χ1) is 19.2. The van der Waals surface area contributed by atoms with Crippen molar-refractivity contribution in [2.24, 2.45) is 0 Å². The molecule has 0 unspecified atom stereocenters. The summed E-state index contributed by atoms with van der Waals surface area (Å²) < 4.78 is 0. The number of hydrogen-bond donors (Lipinski definition) is 2. The van der Waals surface area contributed by atoms with E-state index in [2.05, 4.69) is 70.2 Å². The number of aromatic nitrogens is 1. The van der Waals surface area contributed by atoms with E-state index in [9.17, 15) is 9.59 Å². The molecule has 0 saturated heterocycles. The Hall–Kier alpha value is -3.29. The van der Waals surface area contributed by atoms with E-state index in [-0.39, 0.29) is 11.8 Å². The van der Waals surface area contributed by atoms with Crippen LogP contribution in [0, 0.1) is 0 Å². The minimum Gasteiger partial charge on any atom is -0.356 e. The first kappa shape index (κ1) is 27.3. The summed E-state index contributed by atoms with van der Waals surface area (Å²) in [4.78, 5) is 28.8. The van der Waals surface area contributed by atoms with Gasteiger partial charge in [-0.3, -0.25) is 9.59 Å². The maximum absolute atomic E-state index is 12.5. The second-order valence-electron chi connectivity index (χ2n) is 9.69. The van der Waals surface area contributed by atoms with Gasteiger partial charge in [0.05, 0.1) is 0 Å². The van der Waals surface area contributed by atoms with Crippen LogP contribution in [0.15, 0.2) is 84.0 Å². The lowest BCUT2D eigenvalue weighted by atomic mass is 9.92. The van der Waals surface area contributed by atoms with Crippen LogP contribution in [0.25, 0.3) is 32.3 Å². The molecule has 0 radical (unpaired) electrons. The largest absolute Gasteiger partial charge is 0.356 e. The molecular formula is C32H33N3O2S2. The summed E-state index contributed by atoms with van der Waals surface area (Å²) in [7, 11) is 3.37. The van der Waals surface area contributed by atoms with E-state index < -0.39 is 0 Å². The van der Waals surface area contributed by atoms with Crippen molar-refractivity contribution in [2.75, 3.05) is 12.3 Å². The van der Waals surface area contributed by atoms with Gasteiger partial charge in [-0.05, 0) is 80.1 Å². The summed E-state index contributed by atoms with van der Waals surface area (Å²) in [5, 5.41) is 14.6. The van der Waals surface area contributed by atoms with Gasteiger partial charge in [0.25, 0.3) is 0 Å². The number of carbonyl (C=O) groups is 2. The molecule has 2 amide bonds. The van der Waals surface area contributed by atoms with E-state index in [1.165, 1.54) is 32.3 Å². The van der Waals surface area contributed by atoms with E-state index in [4.69, 9.17) is 0 Å². The second kappa shape index (κ2) is 13.7. The highest BCUT2D eigenvalue weighted by atomic mass is 33.1. The molecule has 4 aromatic carbocycles. The van der Waals surface area contributed by atoms with Crippen molar-refractivity contribution >= 4 is 65.7 Å². The Morgan fingerprint density at radius 1 is 0.692 bits per heavy atom. The van der Waals surface area contributed by atoms with Crippen molar-refractivity contribution < 1.29 is 9.59 Å². The smallest absolute Gasteiger partial charge is 0.220 e. The monoisotopic (exact) mass is 555 g/mol. The lowest BCUT2D eigenvalue weighted by Gasteiger charge is -2.14. The summed E-state index contributed by atoms with van der Waals surface area (Å²) in [6.07, 6.45) is 6.31. The predicted molar refractivity (Wildman–Crippen MR) is 165 cm³/mol. The molecule has 7 heteroatoms. The molecule has 0 aliphatic carbocycles. The number of nitrogens with zero attached hydrogens (tertiary/aromatic N) is 1. The Kier molecular flexibility index (Phi) is 9.57. The van der Waals surface area contributed by atoms with Gasteiger partial charge in [0, 0.05) is 37.9 Å². The van der Waals surface area contributed by atoms with E-state index >= 15 is 0 Å². The quantitative estimate of drug-likeness (QED) is 0.0844. The van der Waals surface area contributed by atoms with Crippen LogP contribution in [-0.4, -0.2) is 29.1 Å². The molecule has 5 nitrogen and oxygen atoms in total. The lowest BCUT2D eigenvalue weighted by molar-refractivity contribution is -0.122. The molecule has 0 fully saturated rings. The summed E-state index contributed by atoms with van der Waals surface area (Å²) in [6.45, 7) is 1.20. The summed E-state index contributed by atoms with van der Waals surface area (Å²) in [6, 6.07) is 25.3. The van der Waals surface area contributed by atoms with Crippen LogP contribution in [0.1, 0.15) is 44.1 Å². The van der Waals surface area contributed by atoms with Gasteiger partial charge in [0.2, 0.25) is 11.8 Å². The topological polar surface area (TPSA) is 71.1 Å². The highest BCUT2D eigenvalue weighted by molar-refractivity contribution is 8.76. The zero-order valence-corrected chi connectivity index (χ0v) is 23.6. The first-order valence-corrected chi connectivity index (χ1v) is 15.9. The van der Waals surface area contributed by atoms with Crippen molar-refractivity contribution in [1.82, 2.24) is 15.6 Å². The number of nitrogens with one attached hydrogen (secondary N) is 2. The summed E-state index contributed by atoms with van der Waals surface area (Å²) in [5.74, 6) is 1.09. The highest BCUT2D eigenvalue weighted by Gasteiger charge is 2.11. The van der Waals surface area contributed by atoms with Gasteiger partial charge in [0.15, 0.2) is 0 Å². The summed E-state index contributed by atoms with van der Waals surface area (Å²) >= 11 is 0. The molecule has 39 heavy (non-hydrogen) atoms.